The van der Waals surface area contributed by atoms with Gasteiger partial charge in [-0.05, 0) is 12.5 Å². The predicted molar refractivity (Wildman–Crippen MR) is 55.9 cm³/mol. The van der Waals surface area contributed by atoms with Crippen LogP contribution in [0.4, 0.5) is 0 Å². The van der Waals surface area contributed by atoms with Crippen LogP contribution in [0.25, 0.3) is 0 Å². The van der Waals surface area contributed by atoms with Gasteiger partial charge in [0.1, 0.15) is 12.1 Å². The summed E-state index contributed by atoms with van der Waals surface area (Å²) in [6.07, 6.45) is 0. The molecule has 1 aromatic rings. The molecule has 0 heterocycles. The molecule has 4 heteroatoms. The van der Waals surface area contributed by atoms with Gasteiger partial charge in [0.2, 0.25) is 0 Å². The molecule has 1 aromatic carbocycles. The summed E-state index contributed by atoms with van der Waals surface area (Å²) in [6.45, 7) is 1.17. The minimum Gasteiger partial charge on any atom is -0.459 e. The highest BCUT2D eigenvalue weighted by Crippen LogP contribution is 2.05. The number of rotatable bonds is 4. The molecule has 15 heavy (non-hydrogen) atoms. The Morgan fingerprint density at radius 3 is 2.60 bits per heavy atom. The first-order valence-electron chi connectivity index (χ1n) is 4.67. The van der Waals surface area contributed by atoms with Crippen LogP contribution in [-0.2, 0) is 16.1 Å². The van der Waals surface area contributed by atoms with Gasteiger partial charge in [-0.3, -0.25) is 0 Å². The Hall–Kier alpha value is -1.39. The summed E-state index contributed by atoms with van der Waals surface area (Å²) in [5.74, 6) is -0.603. The van der Waals surface area contributed by atoms with Crippen LogP contribution >= 0.6 is 0 Å². The third-order valence-electron chi connectivity index (χ3n) is 2.01. The number of nitrogens with two attached hydrogens (primary N) is 1. The molecule has 0 aliphatic rings. The van der Waals surface area contributed by atoms with E-state index < -0.39 is 18.1 Å². The molecular weight excluding hydrogens is 194 g/mol. The fourth-order valence-electron chi connectivity index (χ4n) is 0.953. The van der Waals surface area contributed by atoms with Crippen molar-refractivity contribution in [1.82, 2.24) is 0 Å². The van der Waals surface area contributed by atoms with E-state index in [0.717, 1.165) is 5.56 Å². The van der Waals surface area contributed by atoms with Crippen LogP contribution in [0.3, 0.4) is 0 Å². The molecule has 0 fully saturated rings. The van der Waals surface area contributed by atoms with Crippen molar-refractivity contribution in [3.8, 4) is 0 Å². The Morgan fingerprint density at radius 2 is 2.07 bits per heavy atom. The zero-order valence-corrected chi connectivity index (χ0v) is 8.64. The van der Waals surface area contributed by atoms with Gasteiger partial charge < -0.3 is 15.6 Å². The maximum absolute atomic E-state index is 11.4. The minimum absolute atomic E-state index is 0.173. The Morgan fingerprint density at radius 1 is 1.47 bits per heavy atom. The standard InChI is InChI=1S/C11H15NO3/c1-11(12,8-13)10(14)15-7-9-5-3-2-4-6-9/h2-6,13H,7-8,12H2,1H3. The first-order valence-corrected chi connectivity index (χ1v) is 4.67. The molecule has 0 saturated heterocycles. The molecule has 4 nitrogen and oxygen atoms in total. The molecule has 0 aromatic heterocycles. The quantitative estimate of drug-likeness (QED) is 0.706. The number of esters is 1. The van der Waals surface area contributed by atoms with E-state index in [4.69, 9.17) is 15.6 Å². The van der Waals surface area contributed by atoms with Gasteiger partial charge in [-0.15, -0.1) is 0 Å². The fourth-order valence-corrected chi connectivity index (χ4v) is 0.953. The lowest BCUT2D eigenvalue weighted by Gasteiger charge is -2.19. The number of aliphatic hydroxyl groups excluding tert-OH is 1. The van der Waals surface area contributed by atoms with E-state index in [1.807, 2.05) is 30.3 Å². The van der Waals surface area contributed by atoms with E-state index in [2.05, 4.69) is 0 Å². The summed E-state index contributed by atoms with van der Waals surface area (Å²) >= 11 is 0. The Balaban J connectivity index is 2.48. The van der Waals surface area contributed by atoms with Crippen LogP contribution in [0.15, 0.2) is 30.3 Å². The summed E-state index contributed by atoms with van der Waals surface area (Å²) in [5.41, 5.74) is 5.06. The van der Waals surface area contributed by atoms with E-state index in [-0.39, 0.29) is 6.61 Å². The van der Waals surface area contributed by atoms with E-state index >= 15 is 0 Å². The molecule has 0 spiro atoms. The minimum atomic E-state index is -1.32. The number of benzene rings is 1. The number of hydrogen-bond donors (Lipinski definition) is 2. The Labute approximate surface area is 88.7 Å². The molecule has 82 valence electrons. The van der Waals surface area contributed by atoms with Crippen molar-refractivity contribution < 1.29 is 14.6 Å². The first kappa shape index (κ1) is 11.7. The lowest BCUT2D eigenvalue weighted by Crippen LogP contribution is -2.49. The van der Waals surface area contributed by atoms with Crippen LogP contribution in [0.2, 0.25) is 0 Å². The highest BCUT2D eigenvalue weighted by molar-refractivity contribution is 5.80. The maximum atomic E-state index is 11.4. The Bertz CT molecular complexity index is 322. The van der Waals surface area contributed by atoms with Crippen molar-refractivity contribution in [2.45, 2.75) is 19.1 Å². The zero-order valence-electron chi connectivity index (χ0n) is 8.64. The number of carbonyl (C=O) groups excluding carboxylic acids is 1. The highest BCUT2D eigenvalue weighted by Gasteiger charge is 2.29. The van der Waals surface area contributed by atoms with Crippen LogP contribution in [0, 0.1) is 0 Å². The van der Waals surface area contributed by atoms with Gasteiger partial charge in [0.25, 0.3) is 0 Å². The molecule has 1 unspecified atom stereocenters. The van der Waals surface area contributed by atoms with Gasteiger partial charge >= 0.3 is 5.97 Å². The SMILES string of the molecule is CC(N)(CO)C(=O)OCc1ccccc1. The lowest BCUT2D eigenvalue weighted by atomic mass is 10.1. The van der Waals surface area contributed by atoms with Crippen molar-refractivity contribution >= 4 is 5.97 Å². The molecule has 0 aliphatic heterocycles. The monoisotopic (exact) mass is 209 g/mol. The normalized spacial score (nSPS) is 14.3. The second kappa shape index (κ2) is 4.91. The van der Waals surface area contributed by atoms with Crippen molar-refractivity contribution in [2.75, 3.05) is 6.61 Å². The summed E-state index contributed by atoms with van der Waals surface area (Å²) in [4.78, 5) is 11.4. The Kier molecular flexibility index (Phi) is 3.82. The van der Waals surface area contributed by atoms with Gasteiger partial charge in [-0.1, -0.05) is 30.3 Å². The number of hydrogen-bond acceptors (Lipinski definition) is 4. The summed E-state index contributed by atoms with van der Waals surface area (Å²) in [6, 6.07) is 9.29. The molecular formula is C11H15NO3. The molecule has 1 rings (SSSR count). The number of carbonyl (C=O) groups is 1. The van der Waals surface area contributed by atoms with E-state index in [0.29, 0.717) is 0 Å². The van der Waals surface area contributed by atoms with Crippen molar-refractivity contribution in [2.24, 2.45) is 5.73 Å². The topological polar surface area (TPSA) is 72.5 Å². The lowest BCUT2D eigenvalue weighted by molar-refractivity contribution is -0.152. The van der Waals surface area contributed by atoms with E-state index in [1.54, 1.807) is 0 Å². The van der Waals surface area contributed by atoms with Crippen molar-refractivity contribution in [3.05, 3.63) is 35.9 Å². The molecule has 1 atom stereocenters. The third kappa shape index (κ3) is 3.34. The van der Waals surface area contributed by atoms with Crippen LogP contribution in [-0.4, -0.2) is 23.2 Å². The first-order chi connectivity index (χ1) is 7.06. The van der Waals surface area contributed by atoms with Crippen molar-refractivity contribution in [3.63, 3.8) is 0 Å². The van der Waals surface area contributed by atoms with Gasteiger partial charge in [-0.25, -0.2) is 4.79 Å². The maximum Gasteiger partial charge on any atom is 0.328 e. The van der Waals surface area contributed by atoms with Gasteiger partial charge in [0, 0.05) is 0 Å². The summed E-state index contributed by atoms with van der Waals surface area (Å²) in [7, 11) is 0. The zero-order chi connectivity index (χ0) is 11.3. The van der Waals surface area contributed by atoms with Crippen LogP contribution < -0.4 is 5.73 Å². The molecule has 0 bridgehead atoms. The molecule has 0 radical (unpaired) electrons. The van der Waals surface area contributed by atoms with Gasteiger partial charge in [0.15, 0.2) is 0 Å². The smallest absolute Gasteiger partial charge is 0.328 e. The van der Waals surface area contributed by atoms with E-state index in [9.17, 15) is 4.79 Å². The summed E-state index contributed by atoms with van der Waals surface area (Å²) < 4.78 is 4.96. The summed E-state index contributed by atoms with van der Waals surface area (Å²) in [5, 5.41) is 8.84. The van der Waals surface area contributed by atoms with Gasteiger partial charge in [0.05, 0.1) is 6.61 Å². The number of aliphatic hydroxyl groups is 1. The highest BCUT2D eigenvalue weighted by atomic mass is 16.5. The third-order valence-corrected chi connectivity index (χ3v) is 2.01. The largest absolute Gasteiger partial charge is 0.459 e. The molecule has 3 N–H and O–H groups in total. The van der Waals surface area contributed by atoms with Crippen molar-refractivity contribution in [1.29, 1.82) is 0 Å². The average molecular weight is 209 g/mol. The second-order valence-corrected chi connectivity index (χ2v) is 3.64. The number of ether oxygens (including phenoxy) is 1. The molecule has 0 aliphatic carbocycles. The molecule has 0 saturated carbocycles. The molecule has 0 amide bonds. The predicted octanol–water partition coefficient (Wildman–Crippen LogP) is 0.439. The second-order valence-electron chi connectivity index (χ2n) is 3.64. The van der Waals surface area contributed by atoms with Crippen LogP contribution in [0.5, 0.6) is 0 Å². The van der Waals surface area contributed by atoms with Gasteiger partial charge in [-0.2, -0.15) is 0 Å². The fraction of sp³-hybridized carbons (Fsp3) is 0.364. The van der Waals surface area contributed by atoms with Crippen LogP contribution in [0.1, 0.15) is 12.5 Å². The van der Waals surface area contributed by atoms with E-state index in [1.165, 1.54) is 6.92 Å². The average Bonchev–Trinajstić information content (AvgIpc) is 2.27.